The maximum Gasteiger partial charge on any atom is 0.253 e. The van der Waals surface area contributed by atoms with Crippen molar-refractivity contribution >= 4 is 46.3 Å². The third kappa shape index (κ3) is 5.93. The maximum absolute atomic E-state index is 12.4. The summed E-state index contributed by atoms with van der Waals surface area (Å²) >= 11 is 6.34. The second-order valence-electron chi connectivity index (χ2n) is 8.01. The van der Waals surface area contributed by atoms with Gasteiger partial charge in [-0.05, 0) is 37.4 Å². The van der Waals surface area contributed by atoms with Gasteiger partial charge >= 0.3 is 0 Å². The zero-order valence-electron chi connectivity index (χ0n) is 19.0. The van der Waals surface area contributed by atoms with E-state index in [9.17, 15) is 4.79 Å². The summed E-state index contributed by atoms with van der Waals surface area (Å²) in [5, 5.41) is 18.3. The number of hydrogen-bond acceptors (Lipinski definition) is 8. The number of piperazine rings is 1. The van der Waals surface area contributed by atoms with Gasteiger partial charge in [0, 0.05) is 44.1 Å². The number of aromatic nitrogens is 2. The van der Waals surface area contributed by atoms with Crippen molar-refractivity contribution in [2.45, 2.75) is 0 Å². The van der Waals surface area contributed by atoms with Gasteiger partial charge in [-0.15, -0.1) is 0 Å². The number of carbonyl (C=O) groups is 1. The summed E-state index contributed by atoms with van der Waals surface area (Å²) in [7, 11) is 2.14. The molecule has 1 aromatic heterocycles. The minimum absolute atomic E-state index is 0.135. The molecule has 0 radical (unpaired) electrons. The van der Waals surface area contributed by atoms with Crippen LogP contribution in [0.1, 0.15) is 10.4 Å². The van der Waals surface area contributed by atoms with Gasteiger partial charge in [0.15, 0.2) is 5.82 Å². The highest BCUT2D eigenvalue weighted by Crippen LogP contribution is 2.28. The zero-order chi connectivity index (χ0) is 23.9. The van der Waals surface area contributed by atoms with Gasteiger partial charge in [-0.2, -0.15) is 4.98 Å². The summed E-state index contributed by atoms with van der Waals surface area (Å²) in [6.07, 6.45) is 1.51. The zero-order valence-corrected chi connectivity index (χ0v) is 19.7. The molecule has 178 valence electrons. The van der Waals surface area contributed by atoms with E-state index in [1.165, 1.54) is 6.20 Å². The van der Waals surface area contributed by atoms with Gasteiger partial charge in [0.25, 0.3) is 5.91 Å². The van der Waals surface area contributed by atoms with Crippen LogP contribution in [-0.2, 0) is 0 Å². The van der Waals surface area contributed by atoms with Crippen molar-refractivity contribution in [3.05, 3.63) is 65.3 Å². The number of aliphatic hydroxyl groups excluding tert-OH is 1. The average molecular weight is 482 g/mol. The Balaban J connectivity index is 1.51. The van der Waals surface area contributed by atoms with E-state index in [1.54, 1.807) is 18.2 Å². The Bertz CT molecular complexity index is 1140. The molecular weight excluding hydrogens is 454 g/mol. The van der Waals surface area contributed by atoms with Crippen LogP contribution < -0.4 is 20.9 Å². The summed E-state index contributed by atoms with van der Waals surface area (Å²) in [4.78, 5) is 25.9. The number of rotatable bonds is 8. The van der Waals surface area contributed by atoms with E-state index >= 15 is 0 Å². The first-order valence-corrected chi connectivity index (χ1v) is 11.5. The number of benzene rings is 2. The minimum Gasteiger partial charge on any atom is -0.395 e. The van der Waals surface area contributed by atoms with E-state index in [1.807, 2.05) is 18.2 Å². The average Bonchev–Trinajstić information content (AvgIpc) is 2.85. The van der Waals surface area contributed by atoms with Crippen molar-refractivity contribution in [3.8, 4) is 0 Å². The Hall–Kier alpha value is -3.40. The van der Waals surface area contributed by atoms with Crippen molar-refractivity contribution in [1.82, 2.24) is 20.2 Å². The van der Waals surface area contributed by atoms with E-state index in [-0.39, 0.29) is 19.1 Å². The van der Waals surface area contributed by atoms with Crippen molar-refractivity contribution in [1.29, 1.82) is 0 Å². The molecule has 0 bridgehead atoms. The summed E-state index contributed by atoms with van der Waals surface area (Å²) in [5.41, 5.74) is 2.98. The van der Waals surface area contributed by atoms with E-state index in [4.69, 9.17) is 16.7 Å². The monoisotopic (exact) mass is 481 g/mol. The quantitative estimate of drug-likeness (QED) is 0.389. The van der Waals surface area contributed by atoms with Gasteiger partial charge in [0.2, 0.25) is 5.95 Å². The van der Waals surface area contributed by atoms with Crippen LogP contribution in [-0.4, -0.2) is 72.3 Å². The van der Waals surface area contributed by atoms with Crippen LogP contribution in [0, 0.1) is 0 Å². The Morgan fingerprint density at radius 2 is 1.88 bits per heavy atom. The summed E-state index contributed by atoms with van der Waals surface area (Å²) < 4.78 is 0. The first-order chi connectivity index (χ1) is 16.5. The molecule has 9 nitrogen and oxygen atoms in total. The molecular formula is C24H28ClN7O2. The number of nitrogens with one attached hydrogen (secondary N) is 3. The van der Waals surface area contributed by atoms with E-state index in [0.717, 1.165) is 37.6 Å². The lowest BCUT2D eigenvalue weighted by Gasteiger charge is -2.34. The molecule has 2 heterocycles. The molecule has 34 heavy (non-hydrogen) atoms. The fourth-order valence-corrected chi connectivity index (χ4v) is 3.81. The van der Waals surface area contributed by atoms with Crippen LogP contribution in [0.4, 0.5) is 28.8 Å². The molecule has 0 unspecified atom stereocenters. The van der Waals surface area contributed by atoms with Crippen LogP contribution in [0.25, 0.3) is 0 Å². The molecule has 1 amide bonds. The van der Waals surface area contributed by atoms with E-state index in [0.29, 0.717) is 28.0 Å². The largest absolute Gasteiger partial charge is 0.395 e. The third-order valence-electron chi connectivity index (χ3n) is 5.54. The normalized spacial score (nSPS) is 14.0. The number of halogens is 1. The maximum atomic E-state index is 12.4. The number of anilines is 5. The molecule has 2 aromatic carbocycles. The SMILES string of the molecule is CN1CCN(c2cccc(Nc3ncc(Cl)c(Nc4ccccc4C(=O)NCCO)n3)c2)CC1. The van der Waals surface area contributed by atoms with Gasteiger partial charge in [-0.25, -0.2) is 4.98 Å². The van der Waals surface area contributed by atoms with Crippen LogP contribution in [0.15, 0.2) is 54.7 Å². The number of carbonyl (C=O) groups excluding carboxylic acids is 1. The number of para-hydroxylation sites is 1. The predicted octanol–water partition coefficient (Wildman–Crippen LogP) is 3.09. The van der Waals surface area contributed by atoms with Gasteiger partial charge in [-0.3, -0.25) is 4.79 Å². The molecule has 0 saturated carbocycles. The summed E-state index contributed by atoms with van der Waals surface area (Å²) in [6, 6.07) is 15.2. The van der Waals surface area contributed by atoms with E-state index in [2.05, 4.69) is 54.9 Å². The number of nitrogens with zero attached hydrogens (tertiary/aromatic N) is 4. The topological polar surface area (TPSA) is 106 Å². The molecule has 1 fully saturated rings. The van der Waals surface area contributed by atoms with Crippen LogP contribution in [0.3, 0.4) is 0 Å². The van der Waals surface area contributed by atoms with Crippen molar-refractivity contribution < 1.29 is 9.90 Å². The highest BCUT2D eigenvalue weighted by atomic mass is 35.5. The smallest absolute Gasteiger partial charge is 0.253 e. The fourth-order valence-electron chi connectivity index (χ4n) is 3.67. The molecule has 4 N–H and O–H groups in total. The van der Waals surface area contributed by atoms with Crippen LogP contribution >= 0.6 is 11.6 Å². The molecule has 10 heteroatoms. The number of likely N-dealkylation sites (N-methyl/N-ethyl adjacent to an activating group) is 1. The summed E-state index contributed by atoms with van der Waals surface area (Å²) in [5.74, 6) is 0.447. The number of aliphatic hydroxyl groups is 1. The minimum atomic E-state index is -0.304. The van der Waals surface area contributed by atoms with Crippen molar-refractivity contribution in [3.63, 3.8) is 0 Å². The molecule has 3 aromatic rings. The highest BCUT2D eigenvalue weighted by Gasteiger charge is 2.16. The first-order valence-electron chi connectivity index (χ1n) is 11.1. The Morgan fingerprint density at radius 1 is 1.09 bits per heavy atom. The third-order valence-corrected chi connectivity index (χ3v) is 5.81. The lowest BCUT2D eigenvalue weighted by atomic mass is 10.1. The van der Waals surface area contributed by atoms with Gasteiger partial charge in [-0.1, -0.05) is 29.8 Å². The predicted molar refractivity (Wildman–Crippen MR) is 136 cm³/mol. The molecule has 1 saturated heterocycles. The first kappa shape index (κ1) is 23.7. The van der Waals surface area contributed by atoms with Crippen LogP contribution in [0.5, 0.6) is 0 Å². The van der Waals surface area contributed by atoms with Gasteiger partial charge in [0.1, 0.15) is 5.02 Å². The molecule has 1 aliphatic heterocycles. The highest BCUT2D eigenvalue weighted by molar-refractivity contribution is 6.33. The molecule has 0 atom stereocenters. The standard InChI is InChI=1S/C24H28ClN7O2/c1-31-10-12-32(13-11-31)18-6-4-5-17(15-18)28-24-27-16-20(25)22(30-24)29-21-8-3-2-7-19(21)23(34)26-9-14-33/h2-8,15-16,33H,9-14H2,1H3,(H,26,34)(H2,27,28,29,30). The fraction of sp³-hybridized carbons (Fsp3) is 0.292. The summed E-state index contributed by atoms with van der Waals surface area (Å²) in [6.45, 7) is 4.07. The lowest BCUT2D eigenvalue weighted by Crippen LogP contribution is -2.44. The van der Waals surface area contributed by atoms with Gasteiger partial charge < -0.3 is 30.9 Å². The molecule has 1 aliphatic rings. The van der Waals surface area contributed by atoms with E-state index < -0.39 is 0 Å². The second-order valence-corrected chi connectivity index (χ2v) is 8.41. The van der Waals surface area contributed by atoms with Crippen molar-refractivity contribution in [2.75, 3.05) is 61.9 Å². The Kier molecular flexibility index (Phi) is 7.79. The number of hydrogen-bond donors (Lipinski definition) is 4. The van der Waals surface area contributed by atoms with Gasteiger partial charge in [0.05, 0.1) is 24.1 Å². The lowest BCUT2D eigenvalue weighted by molar-refractivity contribution is 0.0945. The number of amides is 1. The second kappa shape index (κ2) is 11.1. The molecule has 4 rings (SSSR count). The Labute approximate surface area is 203 Å². The van der Waals surface area contributed by atoms with Crippen molar-refractivity contribution in [2.24, 2.45) is 0 Å². The Morgan fingerprint density at radius 3 is 2.68 bits per heavy atom. The van der Waals surface area contributed by atoms with Crippen LogP contribution in [0.2, 0.25) is 5.02 Å². The molecule has 0 aliphatic carbocycles. The molecule has 0 spiro atoms.